The van der Waals surface area contributed by atoms with E-state index in [4.69, 9.17) is 0 Å². The maximum absolute atomic E-state index is 12.9. The largest absolute Gasteiger partial charge is 0.352 e. The van der Waals surface area contributed by atoms with Crippen molar-refractivity contribution in [3.63, 3.8) is 0 Å². The van der Waals surface area contributed by atoms with Crippen LogP contribution >= 0.6 is 0 Å². The lowest BCUT2D eigenvalue weighted by Gasteiger charge is -2.14. The monoisotopic (exact) mass is 361 g/mol. The minimum atomic E-state index is -0.408. The van der Waals surface area contributed by atoms with Crippen molar-refractivity contribution in [3.8, 4) is 0 Å². The maximum Gasteiger partial charge on any atom is 0.227 e. The number of carbonyl (C=O) groups is 2. The molecule has 3 aromatic rings. The molecule has 0 radical (unpaired) electrons. The molecule has 0 unspecified atom stereocenters. The predicted molar refractivity (Wildman–Crippen MR) is 103 cm³/mol. The lowest BCUT2D eigenvalue weighted by atomic mass is 9.95. The molecule has 3 rings (SSSR count). The number of benzene rings is 3. The molecule has 0 aliphatic heterocycles. The summed E-state index contributed by atoms with van der Waals surface area (Å²) in [5.41, 5.74) is 2.76. The van der Waals surface area contributed by atoms with Crippen LogP contribution in [0.3, 0.4) is 0 Å². The van der Waals surface area contributed by atoms with Crippen LogP contribution in [-0.4, -0.2) is 11.7 Å². The molecule has 0 saturated carbocycles. The summed E-state index contributed by atoms with van der Waals surface area (Å²) in [6.07, 6.45) is 0. The first-order chi connectivity index (χ1) is 13.0. The summed E-state index contributed by atoms with van der Waals surface area (Å²) in [7, 11) is 0. The van der Waals surface area contributed by atoms with Gasteiger partial charge in [-0.1, -0.05) is 60.7 Å². The minimum absolute atomic E-state index is 0.0728. The van der Waals surface area contributed by atoms with Crippen molar-refractivity contribution in [3.05, 3.63) is 107 Å². The molecular weight excluding hydrogens is 341 g/mol. The molecule has 0 bridgehead atoms. The highest BCUT2D eigenvalue weighted by molar-refractivity contribution is 6.09. The van der Waals surface area contributed by atoms with Crippen molar-refractivity contribution < 1.29 is 14.0 Å². The summed E-state index contributed by atoms with van der Waals surface area (Å²) in [5, 5.41) is 2.85. The molecule has 1 N–H and O–H groups in total. The van der Waals surface area contributed by atoms with Gasteiger partial charge >= 0.3 is 0 Å². The van der Waals surface area contributed by atoms with Gasteiger partial charge in [-0.25, -0.2) is 4.39 Å². The van der Waals surface area contributed by atoms with Gasteiger partial charge in [-0.2, -0.15) is 0 Å². The Bertz CT molecular complexity index is 936. The summed E-state index contributed by atoms with van der Waals surface area (Å²) in [6, 6.07) is 22.2. The van der Waals surface area contributed by atoms with Crippen LogP contribution in [0.5, 0.6) is 0 Å². The van der Waals surface area contributed by atoms with Crippen LogP contribution in [0.25, 0.3) is 0 Å². The average Bonchev–Trinajstić information content (AvgIpc) is 2.72. The van der Waals surface area contributed by atoms with E-state index in [1.54, 1.807) is 49.4 Å². The zero-order valence-electron chi connectivity index (χ0n) is 15.0. The Labute approximate surface area is 157 Å². The third kappa shape index (κ3) is 4.67. The highest BCUT2D eigenvalue weighted by Gasteiger charge is 2.17. The second-order valence-electron chi connectivity index (χ2n) is 6.39. The van der Waals surface area contributed by atoms with Gasteiger partial charge < -0.3 is 5.32 Å². The summed E-state index contributed by atoms with van der Waals surface area (Å²) < 4.78 is 12.9. The van der Waals surface area contributed by atoms with Crippen LogP contribution in [0.4, 0.5) is 4.39 Å². The first-order valence-corrected chi connectivity index (χ1v) is 8.76. The Morgan fingerprint density at radius 3 is 2.26 bits per heavy atom. The SMILES string of the molecule is C[C@H](C(=O)NCc1ccc(F)cc1)c1cccc(C(=O)c2ccccc2)c1. The third-order valence-corrected chi connectivity index (χ3v) is 4.46. The predicted octanol–water partition coefficient (Wildman–Crippen LogP) is 4.48. The zero-order chi connectivity index (χ0) is 19.2. The molecule has 4 heteroatoms. The Balaban J connectivity index is 1.69. The first-order valence-electron chi connectivity index (χ1n) is 8.76. The van der Waals surface area contributed by atoms with E-state index in [0.29, 0.717) is 17.7 Å². The van der Waals surface area contributed by atoms with Crippen molar-refractivity contribution in [2.24, 2.45) is 0 Å². The van der Waals surface area contributed by atoms with Crippen LogP contribution in [0, 0.1) is 5.82 Å². The summed E-state index contributed by atoms with van der Waals surface area (Å²) >= 11 is 0. The molecule has 1 atom stereocenters. The molecule has 0 spiro atoms. The van der Waals surface area contributed by atoms with Gasteiger partial charge in [0, 0.05) is 17.7 Å². The van der Waals surface area contributed by atoms with Crippen LogP contribution < -0.4 is 5.32 Å². The van der Waals surface area contributed by atoms with E-state index in [1.807, 2.05) is 24.3 Å². The van der Waals surface area contributed by atoms with Crippen molar-refractivity contribution in [1.82, 2.24) is 5.32 Å². The van der Waals surface area contributed by atoms with Gasteiger partial charge in [0.25, 0.3) is 0 Å². The summed E-state index contributed by atoms with van der Waals surface area (Å²) in [6.45, 7) is 2.12. The third-order valence-electron chi connectivity index (χ3n) is 4.46. The number of hydrogen-bond donors (Lipinski definition) is 1. The lowest BCUT2D eigenvalue weighted by Crippen LogP contribution is -2.27. The van der Waals surface area contributed by atoms with Crippen LogP contribution in [0.1, 0.15) is 39.9 Å². The normalized spacial score (nSPS) is 11.6. The van der Waals surface area contributed by atoms with Gasteiger partial charge in [0.05, 0.1) is 5.92 Å². The standard InChI is InChI=1S/C23H20FNO2/c1-16(23(27)25-15-17-10-12-21(24)13-11-17)19-8-5-9-20(14-19)22(26)18-6-3-2-4-7-18/h2-14,16H,15H2,1H3,(H,25,27)/t16-/m0/s1. The quantitative estimate of drug-likeness (QED) is 0.658. The van der Waals surface area contributed by atoms with E-state index < -0.39 is 5.92 Å². The topological polar surface area (TPSA) is 46.2 Å². The molecule has 1 amide bonds. The van der Waals surface area contributed by atoms with Gasteiger partial charge in [-0.15, -0.1) is 0 Å². The lowest BCUT2D eigenvalue weighted by molar-refractivity contribution is -0.122. The highest BCUT2D eigenvalue weighted by Crippen LogP contribution is 2.19. The van der Waals surface area contributed by atoms with E-state index in [9.17, 15) is 14.0 Å². The fourth-order valence-electron chi connectivity index (χ4n) is 2.80. The fraction of sp³-hybridized carbons (Fsp3) is 0.130. The van der Waals surface area contributed by atoms with Gasteiger partial charge in [0.15, 0.2) is 5.78 Å². The van der Waals surface area contributed by atoms with Crippen molar-refractivity contribution in [2.75, 3.05) is 0 Å². The molecular formula is C23H20FNO2. The molecule has 0 fully saturated rings. The molecule has 136 valence electrons. The molecule has 0 aliphatic carbocycles. The van der Waals surface area contributed by atoms with Crippen molar-refractivity contribution >= 4 is 11.7 Å². The Hall–Kier alpha value is -3.27. The average molecular weight is 361 g/mol. The number of rotatable bonds is 6. The van der Waals surface area contributed by atoms with Gasteiger partial charge in [0.1, 0.15) is 5.82 Å². The van der Waals surface area contributed by atoms with E-state index >= 15 is 0 Å². The first kappa shape index (κ1) is 18.5. The number of hydrogen-bond acceptors (Lipinski definition) is 2. The molecule has 0 aromatic heterocycles. The van der Waals surface area contributed by atoms with Crippen molar-refractivity contribution in [2.45, 2.75) is 19.4 Å². The molecule has 0 heterocycles. The molecule has 3 aromatic carbocycles. The van der Waals surface area contributed by atoms with Crippen LogP contribution in [0.15, 0.2) is 78.9 Å². The van der Waals surface area contributed by atoms with E-state index in [0.717, 1.165) is 11.1 Å². The maximum atomic E-state index is 12.9. The van der Waals surface area contributed by atoms with Gasteiger partial charge in [-0.05, 0) is 36.2 Å². The smallest absolute Gasteiger partial charge is 0.227 e. The zero-order valence-corrected chi connectivity index (χ0v) is 15.0. The molecule has 0 aliphatic rings. The summed E-state index contributed by atoms with van der Waals surface area (Å²) in [5.74, 6) is -0.938. The number of ketones is 1. The Morgan fingerprint density at radius 1 is 0.889 bits per heavy atom. The number of amides is 1. The highest BCUT2D eigenvalue weighted by atomic mass is 19.1. The van der Waals surface area contributed by atoms with Crippen LogP contribution in [0.2, 0.25) is 0 Å². The van der Waals surface area contributed by atoms with E-state index in [2.05, 4.69) is 5.32 Å². The second-order valence-corrected chi connectivity index (χ2v) is 6.39. The number of carbonyl (C=O) groups excluding carboxylic acids is 2. The number of nitrogens with one attached hydrogen (secondary N) is 1. The Morgan fingerprint density at radius 2 is 1.56 bits per heavy atom. The number of halogens is 1. The second kappa shape index (κ2) is 8.41. The van der Waals surface area contributed by atoms with Crippen LogP contribution in [-0.2, 0) is 11.3 Å². The molecule has 27 heavy (non-hydrogen) atoms. The fourth-order valence-corrected chi connectivity index (χ4v) is 2.80. The minimum Gasteiger partial charge on any atom is -0.352 e. The molecule has 0 saturated heterocycles. The van der Waals surface area contributed by atoms with E-state index in [1.165, 1.54) is 12.1 Å². The molecule has 3 nitrogen and oxygen atoms in total. The van der Waals surface area contributed by atoms with E-state index in [-0.39, 0.29) is 17.5 Å². The van der Waals surface area contributed by atoms with Gasteiger partial charge in [-0.3, -0.25) is 9.59 Å². The van der Waals surface area contributed by atoms with Crippen molar-refractivity contribution in [1.29, 1.82) is 0 Å². The summed E-state index contributed by atoms with van der Waals surface area (Å²) in [4.78, 5) is 25.1. The Kier molecular flexibility index (Phi) is 5.77. The van der Waals surface area contributed by atoms with Gasteiger partial charge in [0.2, 0.25) is 5.91 Å².